The van der Waals surface area contributed by atoms with Crippen LogP contribution in [0.25, 0.3) is 11.0 Å². The van der Waals surface area contributed by atoms with Gasteiger partial charge in [-0.1, -0.05) is 26.8 Å². The van der Waals surface area contributed by atoms with Crippen molar-refractivity contribution >= 4 is 16.9 Å². The van der Waals surface area contributed by atoms with Crippen LogP contribution in [0, 0.1) is 0 Å². The maximum Gasteiger partial charge on any atom is 0.219 e. The van der Waals surface area contributed by atoms with Crippen LogP contribution >= 0.6 is 0 Å². The van der Waals surface area contributed by atoms with E-state index in [2.05, 4.69) is 29.1 Å². The fourth-order valence-electron chi connectivity index (χ4n) is 1.79. The van der Waals surface area contributed by atoms with Gasteiger partial charge in [-0.15, -0.1) is 0 Å². The quantitative estimate of drug-likeness (QED) is 0.870. The lowest BCUT2D eigenvalue weighted by atomic mass is 10.2. The molecular weight excluding hydrogens is 226 g/mol. The van der Waals surface area contributed by atoms with E-state index < -0.39 is 0 Å². The zero-order valence-electron chi connectivity index (χ0n) is 11.1. The van der Waals surface area contributed by atoms with E-state index in [4.69, 9.17) is 0 Å². The zero-order chi connectivity index (χ0) is 13.1. The Hall–Kier alpha value is -1.84. The summed E-state index contributed by atoms with van der Waals surface area (Å²) in [6.45, 7) is 6.64. The van der Waals surface area contributed by atoms with Gasteiger partial charge in [-0.2, -0.15) is 0 Å². The van der Waals surface area contributed by atoms with Crippen molar-refractivity contribution in [2.24, 2.45) is 0 Å². The van der Waals surface area contributed by atoms with Gasteiger partial charge in [-0.05, 0) is 17.7 Å². The molecule has 2 rings (SSSR count). The molecule has 0 bridgehead atoms. The number of aromatic nitrogens is 2. The molecule has 1 amide bonds. The summed E-state index contributed by atoms with van der Waals surface area (Å²) in [6, 6.07) is 6.04. The number of nitrogens with one attached hydrogen (secondary N) is 2. The molecule has 2 aromatic rings. The lowest BCUT2D eigenvalue weighted by molar-refractivity contribution is -0.120. The molecule has 0 aliphatic carbocycles. The summed E-state index contributed by atoms with van der Waals surface area (Å²) < 4.78 is 0. The normalized spacial score (nSPS) is 11.1. The van der Waals surface area contributed by atoms with Crippen molar-refractivity contribution < 1.29 is 4.79 Å². The van der Waals surface area contributed by atoms with Gasteiger partial charge in [0.1, 0.15) is 5.82 Å². The summed E-state index contributed by atoms with van der Waals surface area (Å²) in [4.78, 5) is 19.0. The second-order valence-electron chi connectivity index (χ2n) is 4.76. The zero-order valence-corrected chi connectivity index (χ0v) is 11.1. The third kappa shape index (κ3) is 2.70. The highest BCUT2D eigenvalue weighted by molar-refractivity contribution is 5.77. The molecule has 0 atom stereocenters. The minimum absolute atomic E-state index is 0.0718. The second kappa shape index (κ2) is 5.21. The summed E-state index contributed by atoms with van der Waals surface area (Å²) in [7, 11) is 0. The third-order valence-corrected chi connectivity index (χ3v) is 2.92. The fraction of sp³-hybridized carbons (Fsp3) is 0.429. The molecule has 0 radical (unpaired) electrons. The van der Waals surface area contributed by atoms with Crippen LogP contribution in [-0.4, -0.2) is 15.9 Å². The van der Waals surface area contributed by atoms with Crippen LogP contribution in [0.4, 0.5) is 0 Å². The number of benzene rings is 1. The molecule has 0 saturated carbocycles. The summed E-state index contributed by atoms with van der Waals surface area (Å²) in [6.07, 6.45) is 0.518. The van der Waals surface area contributed by atoms with Crippen molar-refractivity contribution in [1.29, 1.82) is 0 Å². The van der Waals surface area contributed by atoms with Crippen LogP contribution in [0.2, 0.25) is 0 Å². The highest BCUT2D eigenvalue weighted by Gasteiger charge is 2.07. The van der Waals surface area contributed by atoms with Gasteiger partial charge in [0.05, 0.1) is 11.0 Å². The Bertz CT molecular complexity index is 557. The van der Waals surface area contributed by atoms with Crippen LogP contribution in [0.5, 0.6) is 0 Å². The van der Waals surface area contributed by atoms with Crippen molar-refractivity contribution in [2.45, 2.75) is 39.7 Å². The van der Waals surface area contributed by atoms with E-state index in [1.165, 1.54) is 0 Å². The van der Waals surface area contributed by atoms with Crippen LogP contribution < -0.4 is 5.32 Å². The molecule has 4 heteroatoms. The highest BCUT2D eigenvalue weighted by atomic mass is 16.1. The smallest absolute Gasteiger partial charge is 0.219 e. The molecule has 0 saturated heterocycles. The average molecular weight is 245 g/mol. The molecule has 18 heavy (non-hydrogen) atoms. The largest absolute Gasteiger partial charge is 0.352 e. The predicted molar refractivity (Wildman–Crippen MR) is 72.3 cm³/mol. The van der Waals surface area contributed by atoms with Crippen molar-refractivity contribution in [3.05, 3.63) is 29.6 Å². The van der Waals surface area contributed by atoms with Crippen LogP contribution in [-0.2, 0) is 11.3 Å². The van der Waals surface area contributed by atoms with E-state index in [0.717, 1.165) is 22.4 Å². The van der Waals surface area contributed by atoms with Gasteiger partial charge in [0.2, 0.25) is 5.91 Å². The molecule has 0 unspecified atom stereocenters. The number of fused-ring (bicyclic) bond motifs is 1. The van der Waals surface area contributed by atoms with E-state index in [-0.39, 0.29) is 5.91 Å². The van der Waals surface area contributed by atoms with E-state index in [1.807, 2.05) is 25.1 Å². The van der Waals surface area contributed by atoms with Gasteiger partial charge in [0.25, 0.3) is 0 Å². The van der Waals surface area contributed by atoms with Crippen LogP contribution in [0.15, 0.2) is 18.2 Å². The van der Waals surface area contributed by atoms with Gasteiger partial charge in [0, 0.05) is 18.9 Å². The average Bonchev–Trinajstić information content (AvgIpc) is 2.79. The van der Waals surface area contributed by atoms with E-state index in [1.54, 1.807) is 0 Å². The summed E-state index contributed by atoms with van der Waals surface area (Å²) in [5.41, 5.74) is 3.09. The maximum atomic E-state index is 11.2. The van der Waals surface area contributed by atoms with E-state index in [9.17, 15) is 4.79 Å². The Kier molecular flexibility index (Phi) is 3.65. The summed E-state index contributed by atoms with van der Waals surface area (Å²) in [5, 5.41) is 2.87. The fourth-order valence-corrected chi connectivity index (χ4v) is 1.79. The monoisotopic (exact) mass is 245 g/mol. The molecule has 1 heterocycles. The van der Waals surface area contributed by atoms with Gasteiger partial charge < -0.3 is 10.3 Å². The molecule has 0 spiro atoms. The topological polar surface area (TPSA) is 57.8 Å². The first-order valence-corrected chi connectivity index (χ1v) is 6.35. The second-order valence-corrected chi connectivity index (χ2v) is 4.76. The number of nitrogens with zero attached hydrogens (tertiary/aromatic N) is 1. The number of amides is 1. The van der Waals surface area contributed by atoms with E-state index >= 15 is 0 Å². The molecule has 0 aliphatic heterocycles. The number of carbonyl (C=O) groups excluding carboxylic acids is 1. The molecule has 0 aliphatic rings. The number of hydrogen-bond donors (Lipinski definition) is 2. The van der Waals surface area contributed by atoms with Crippen molar-refractivity contribution in [3.8, 4) is 0 Å². The minimum Gasteiger partial charge on any atom is -0.352 e. The van der Waals surface area contributed by atoms with Gasteiger partial charge in [-0.3, -0.25) is 4.79 Å². The Balaban J connectivity index is 2.19. The van der Waals surface area contributed by atoms with Gasteiger partial charge >= 0.3 is 0 Å². The van der Waals surface area contributed by atoms with Gasteiger partial charge in [0.15, 0.2) is 0 Å². The Morgan fingerprint density at radius 1 is 1.44 bits per heavy atom. The number of imidazole rings is 1. The molecule has 96 valence electrons. The number of H-pyrrole nitrogens is 1. The third-order valence-electron chi connectivity index (χ3n) is 2.92. The van der Waals surface area contributed by atoms with Crippen LogP contribution in [0.1, 0.15) is 44.5 Å². The molecule has 4 nitrogen and oxygen atoms in total. The number of aromatic amines is 1. The standard InChI is InChI=1S/C14H19N3O/c1-4-13(18)15-8-10-5-6-11-12(7-10)17-14(16-11)9(2)3/h5-7,9H,4,8H2,1-3H3,(H,15,18)(H,16,17). The van der Waals surface area contributed by atoms with Crippen molar-refractivity contribution in [2.75, 3.05) is 0 Å². The number of rotatable bonds is 4. The molecular formula is C14H19N3O. The van der Waals surface area contributed by atoms with Crippen molar-refractivity contribution in [1.82, 2.24) is 15.3 Å². The van der Waals surface area contributed by atoms with E-state index in [0.29, 0.717) is 18.9 Å². The lowest BCUT2D eigenvalue weighted by Gasteiger charge is -2.03. The number of hydrogen-bond acceptors (Lipinski definition) is 2. The van der Waals surface area contributed by atoms with Crippen LogP contribution in [0.3, 0.4) is 0 Å². The molecule has 2 N–H and O–H groups in total. The van der Waals surface area contributed by atoms with Crippen molar-refractivity contribution in [3.63, 3.8) is 0 Å². The first kappa shape index (κ1) is 12.6. The highest BCUT2D eigenvalue weighted by Crippen LogP contribution is 2.18. The molecule has 0 fully saturated rings. The number of carbonyl (C=O) groups is 1. The molecule has 1 aromatic carbocycles. The summed E-state index contributed by atoms with van der Waals surface area (Å²) in [5.74, 6) is 1.46. The molecule has 1 aromatic heterocycles. The Morgan fingerprint density at radius 2 is 2.22 bits per heavy atom. The first-order chi connectivity index (χ1) is 8.60. The minimum atomic E-state index is 0.0718. The predicted octanol–water partition coefficient (Wildman–Crippen LogP) is 2.71. The Morgan fingerprint density at radius 3 is 2.89 bits per heavy atom. The summed E-state index contributed by atoms with van der Waals surface area (Å²) >= 11 is 0. The van der Waals surface area contributed by atoms with Gasteiger partial charge in [-0.25, -0.2) is 4.98 Å². The Labute approximate surface area is 107 Å². The maximum absolute atomic E-state index is 11.2. The lowest BCUT2D eigenvalue weighted by Crippen LogP contribution is -2.21. The first-order valence-electron chi connectivity index (χ1n) is 6.35. The SMILES string of the molecule is CCC(=O)NCc1ccc2nc(C(C)C)[nH]c2c1.